The van der Waals surface area contributed by atoms with Crippen molar-refractivity contribution < 1.29 is 0 Å². The molecule has 1 aliphatic heterocycles. The third-order valence-electron chi connectivity index (χ3n) is 1.36. The van der Waals surface area contributed by atoms with Crippen molar-refractivity contribution in [3.63, 3.8) is 0 Å². The zero-order chi connectivity index (χ0) is 5.11. The second kappa shape index (κ2) is 2.42. The maximum Gasteiger partial charge on any atom is 0.196 e. The fourth-order valence-corrected chi connectivity index (χ4v) is 2.33. The molecule has 2 heteroatoms. The molecule has 1 heterocycles. The van der Waals surface area contributed by atoms with Crippen LogP contribution in [-0.2, 0) is 0 Å². The minimum Gasteiger partial charge on any atom is -0.125 e. The van der Waals surface area contributed by atoms with Gasteiger partial charge in [-0.3, -0.25) is 0 Å². The van der Waals surface area contributed by atoms with E-state index in [1.807, 2.05) is 0 Å². The van der Waals surface area contributed by atoms with Crippen LogP contribution in [-0.4, -0.2) is 12.3 Å². The molecule has 40 valence electrons. The summed E-state index contributed by atoms with van der Waals surface area (Å²) in [5.74, 6) is 0. The van der Waals surface area contributed by atoms with E-state index in [0.717, 1.165) is 0 Å². The van der Waals surface area contributed by atoms with E-state index < -0.39 is 0 Å². The highest BCUT2D eigenvalue weighted by Crippen LogP contribution is 2.29. The van der Waals surface area contributed by atoms with Crippen molar-refractivity contribution in [2.24, 2.45) is 0 Å². The molecule has 0 aromatic carbocycles. The summed E-state index contributed by atoms with van der Waals surface area (Å²) in [5.41, 5.74) is 0. The Kier molecular flexibility index (Phi) is 1.81. The van der Waals surface area contributed by atoms with E-state index in [1.54, 1.807) is 0 Å². The summed E-state index contributed by atoms with van der Waals surface area (Å²) in [7, 11) is -0.242. The Hall–Kier alpha value is 0.100. The number of hydrogen-bond acceptors (Lipinski definition) is 1. The van der Waals surface area contributed by atoms with Gasteiger partial charge in [0.05, 0.1) is 0 Å². The lowest BCUT2D eigenvalue weighted by molar-refractivity contribution is 0.754. The van der Waals surface area contributed by atoms with Gasteiger partial charge in [0.25, 0.3) is 0 Å². The van der Waals surface area contributed by atoms with E-state index in [-0.39, 0.29) is 7.71 Å². The maximum atomic E-state index is 7.34. The molecule has 0 unspecified atom stereocenters. The second-order valence-corrected chi connectivity index (χ2v) is 4.02. The van der Waals surface area contributed by atoms with E-state index in [1.165, 1.54) is 31.6 Å². The highest BCUT2D eigenvalue weighted by atomic mass is 31.1. The van der Waals surface area contributed by atoms with E-state index in [4.69, 9.17) is 5.16 Å². The van der Waals surface area contributed by atoms with Crippen LogP contribution in [0, 0.1) is 5.16 Å². The van der Waals surface area contributed by atoms with Crippen molar-refractivity contribution in [2.45, 2.75) is 19.3 Å². The van der Waals surface area contributed by atoms with E-state index >= 15 is 0 Å². The minimum absolute atomic E-state index is 0.242. The zero-order valence-corrected chi connectivity index (χ0v) is 5.38. The van der Waals surface area contributed by atoms with Gasteiger partial charge in [0.15, 0.2) is 7.71 Å². The van der Waals surface area contributed by atoms with Crippen LogP contribution in [0.25, 0.3) is 0 Å². The molecule has 0 amide bonds. The molecule has 0 atom stereocenters. The predicted molar refractivity (Wildman–Crippen MR) is 33.2 cm³/mol. The third kappa shape index (κ3) is 1.56. The minimum atomic E-state index is -0.242. The Morgan fingerprint density at radius 3 is 1.86 bits per heavy atom. The summed E-state index contributed by atoms with van der Waals surface area (Å²) in [5, 5.41) is 7.34. The molecule has 1 aliphatic rings. The van der Waals surface area contributed by atoms with Gasteiger partial charge < -0.3 is 0 Å². The Morgan fingerprint density at radius 1 is 1.00 bits per heavy atom. The van der Waals surface area contributed by atoms with Crippen molar-refractivity contribution in [3.05, 3.63) is 0 Å². The van der Waals surface area contributed by atoms with Gasteiger partial charge in [0, 0.05) is 0 Å². The first kappa shape index (κ1) is 5.24. The molecule has 0 saturated carbocycles. The van der Waals surface area contributed by atoms with Gasteiger partial charge in [0.1, 0.15) is 12.3 Å². The van der Waals surface area contributed by atoms with Crippen LogP contribution in [0.3, 0.4) is 0 Å². The van der Waals surface area contributed by atoms with Crippen LogP contribution in [0.5, 0.6) is 0 Å². The van der Waals surface area contributed by atoms with Crippen molar-refractivity contribution in [1.29, 1.82) is 5.16 Å². The summed E-state index contributed by atoms with van der Waals surface area (Å²) in [4.78, 5) is 0. The van der Waals surface area contributed by atoms with E-state index in [9.17, 15) is 0 Å². The van der Waals surface area contributed by atoms with Crippen LogP contribution >= 0.6 is 7.71 Å². The lowest BCUT2D eigenvalue weighted by Crippen LogP contribution is -1.91. The summed E-state index contributed by atoms with van der Waals surface area (Å²) < 4.78 is 0. The molecule has 0 aromatic rings. The fourth-order valence-electron chi connectivity index (χ4n) is 0.894. The molecule has 1 fully saturated rings. The molecule has 1 N–H and O–H groups in total. The molecule has 1 nitrogen and oxygen atoms in total. The normalized spacial score (nSPS) is 22.6. The highest BCUT2D eigenvalue weighted by Gasteiger charge is 2.13. The van der Waals surface area contributed by atoms with E-state index in [2.05, 4.69) is 0 Å². The molecule has 1 rings (SSSR count). The van der Waals surface area contributed by atoms with Gasteiger partial charge >= 0.3 is 0 Å². The lowest BCUT2D eigenvalue weighted by atomic mass is 10.3. The monoisotopic (exact) mass is 116 g/mol. The molecule has 0 radical (unpaired) electrons. The van der Waals surface area contributed by atoms with Gasteiger partial charge in [-0.15, -0.1) is 5.16 Å². The average Bonchev–Trinajstić information content (AvgIpc) is 1.69. The SMILES string of the molecule is N=[P+]1CCCCC1. The predicted octanol–water partition coefficient (Wildman–Crippen LogP) is 2.41. The van der Waals surface area contributed by atoms with Gasteiger partial charge in [0.2, 0.25) is 0 Å². The zero-order valence-electron chi connectivity index (χ0n) is 4.48. The second-order valence-electron chi connectivity index (χ2n) is 2.05. The topological polar surface area (TPSA) is 23.9 Å². The van der Waals surface area contributed by atoms with Crippen LogP contribution in [0.15, 0.2) is 0 Å². The summed E-state index contributed by atoms with van der Waals surface area (Å²) in [6.07, 6.45) is 6.48. The molecule has 0 aromatic heterocycles. The van der Waals surface area contributed by atoms with Gasteiger partial charge in [-0.1, -0.05) is 0 Å². The van der Waals surface area contributed by atoms with Gasteiger partial charge in [-0.25, -0.2) is 0 Å². The molecule has 0 bridgehead atoms. The highest BCUT2D eigenvalue weighted by molar-refractivity contribution is 7.45. The number of rotatable bonds is 0. The summed E-state index contributed by atoms with van der Waals surface area (Å²) in [6, 6.07) is 0. The maximum absolute atomic E-state index is 7.34. The first-order valence-electron chi connectivity index (χ1n) is 2.86. The van der Waals surface area contributed by atoms with Gasteiger partial charge in [-0.2, -0.15) is 0 Å². The third-order valence-corrected chi connectivity index (χ3v) is 3.07. The molecule has 1 saturated heterocycles. The Bertz CT molecular complexity index is 72.1. The smallest absolute Gasteiger partial charge is 0.125 e. The van der Waals surface area contributed by atoms with Crippen LogP contribution in [0.1, 0.15) is 19.3 Å². The quantitative estimate of drug-likeness (QED) is 0.470. The Morgan fingerprint density at radius 2 is 1.57 bits per heavy atom. The van der Waals surface area contributed by atoms with E-state index in [0.29, 0.717) is 0 Å². The molecule has 7 heavy (non-hydrogen) atoms. The van der Waals surface area contributed by atoms with Crippen LogP contribution in [0.4, 0.5) is 0 Å². The molecular formula is C5H11NP+. The van der Waals surface area contributed by atoms with Gasteiger partial charge in [-0.05, 0) is 19.3 Å². The average molecular weight is 116 g/mol. The van der Waals surface area contributed by atoms with Crippen molar-refractivity contribution in [2.75, 3.05) is 12.3 Å². The standard InChI is InChI=1S/C5H11NP/c6-7-4-2-1-3-5-7/h6H,1-5H2/q+1. The number of hydrogen-bond donors (Lipinski definition) is 1. The van der Waals surface area contributed by atoms with Crippen molar-refractivity contribution >= 4 is 7.71 Å². The van der Waals surface area contributed by atoms with Crippen LogP contribution < -0.4 is 0 Å². The van der Waals surface area contributed by atoms with Crippen LogP contribution in [0.2, 0.25) is 0 Å². The lowest BCUT2D eigenvalue weighted by Gasteiger charge is -1.98. The fraction of sp³-hybridized carbons (Fsp3) is 1.00. The first-order chi connectivity index (χ1) is 3.39. The number of nitrogens with one attached hydrogen (secondary N) is 1. The summed E-state index contributed by atoms with van der Waals surface area (Å²) in [6.45, 7) is 0. The van der Waals surface area contributed by atoms with Crippen molar-refractivity contribution in [3.8, 4) is 0 Å². The Balaban J connectivity index is 2.25. The first-order valence-corrected chi connectivity index (χ1v) is 4.57. The molecule has 0 spiro atoms. The summed E-state index contributed by atoms with van der Waals surface area (Å²) >= 11 is 0. The van der Waals surface area contributed by atoms with Crippen molar-refractivity contribution in [1.82, 2.24) is 0 Å². The largest absolute Gasteiger partial charge is 0.196 e. The molecular weight excluding hydrogens is 105 g/mol. The Labute approximate surface area is 45.4 Å². The molecule has 0 aliphatic carbocycles.